The molecule has 1 aromatic heterocycles. The average molecular weight is 509 g/mol. The molecule has 1 atom stereocenters. The Hall–Kier alpha value is -3.75. The minimum absolute atomic E-state index is 0.102. The predicted octanol–water partition coefficient (Wildman–Crippen LogP) is 5.46. The van der Waals surface area contributed by atoms with Gasteiger partial charge in [0.1, 0.15) is 4.88 Å². The Balaban J connectivity index is 1.79. The standard InChI is InChI=1S/C26H21ClN2O5S/c1-3-34-25(33)23-15(2)28-26(35-23)29-21(17-10-7-11-18(27)14-17)20(22(31)24(29)32)19(30)13-12-16-8-5-4-6-9-16/h4-14,21,31H,3H2,1-2H3/b13-12+. The number of amides is 1. The van der Waals surface area contributed by atoms with Gasteiger partial charge in [-0.2, -0.15) is 0 Å². The monoisotopic (exact) mass is 508 g/mol. The van der Waals surface area contributed by atoms with Gasteiger partial charge in [-0.3, -0.25) is 14.5 Å². The van der Waals surface area contributed by atoms with Gasteiger partial charge in [0.25, 0.3) is 5.91 Å². The third kappa shape index (κ3) is 4.89. The number of esters is 1. The van der Waals surface area contributed by atoms with Crippen LogP contribution >= 0.6 is 22.9 Å². The number of carbonyl (C=O) groups is 3. The Bertz CT molecular complexity index is 1360. The number of allylic oxidation sites excluding steroid dienone is 1. The van der Waals surface area contributed by atoms with E-state index in [0.717, 1.165) is 16.9 Å². The number of rotatable bonds is 7. The summed E-state index contributed by atoms with van der Waals surface area (Å²) < 4.78 is 5.08. The number of aliphatic hydroxyl groups is 1. The molecule has 9 heteroatoms. The van der Waals surface area contributed by atoms with E-state index in [1.165, 1.54) is 11.0 Å². The number of ether oxygens (including phenoxy) is 1. The molecule has 1 amide bonds. The summed E-state index contributed by atoms with van der Waals surface area (Å²) in [7, 11) is 0. The zero-order chi connectivity index (χ0) is 25.1. The average Bonchev–Trinajstić information content (AvgIpc) is 3.35. The van der Waals surface area contributed by atoms with E-state index in [-0.39, 0.29) is 22.2 Å². The molecule has 1 unspecified atom stereocenters. The van der Waals surface area contributed by atoms with Crippen molar-refractivity contribution >= 4 is 51.8 Å². The molecule has 0 saturated carbocycles. The number of hydrogen-bond donors (Lipinski definition) is 1. The normalized spacial score (nSPS) is 15.8. The molecule has 1 N–H and O–H groups in total. The van der Waals surface area contributed by atoms with Crippen LogP contribution in [0, 0.1) is 6.92 Å². The summed E-state index contributed by atoms with van der Waals surface area (Å²) in [5.41, 5.74) is 1.58. The van der Waals surface area contributed by atoms with Gasteiger partial charge in [0.15, 0.2) is 16.7 Å². The van der Waals surface area contributed by atoms with Gasteiger partial charge < -0.3 is 9.84 Å². The molecule has 3 aromatic rings. The van der Waals surface area contributed by atoms with Gasteiger partial charge in [-0.15, -0.1) is 0 Å². The Morgan fingerprint density at radius 1 is 1.20 bits per heavy atom. The number of carbonyl (C=O) groups excluding carboxylic acids is 3. The van der Waals surface area contributed by atoms with Crippen molar-refractivity contribution in [3.8, 4) is 0 Å². The van der Waals surface area contributed by atoms with E-state index in [2.05, 4.69) is 4.98 Å². The quantitative estimate of drug-likeness (QED) is 0.336. The maximum Gasteiger partial charge on any atom is 0.350 e. The number of aryl methyl sites for hydroxylation is 1. The molecular formula is C26H21ClN2O5S. The van der Waals surface area contributed by atoms with Gasteiger partial charge in [0.2, 0.25) is 0 Å². The minimum atomic E-state index is -0.991. The summed E-state index contributed by atoms with van der Waals surface area (Å²) in [6.45, 7) is 3.51. The molecule has 0 aliphatic carbocycles. The van der Waals surface area contributed by atoms with Crippen LogP contribution in [-0.2, 0) is 14.3 Å². The number of anilines is 1. The fraction of sp³-hybridized carbons (Fsp3) is 0.154. The number of benzene rings is 2. The van der Waals surface area contributed by atoms with Crippen LogP contribution < -0.4 is 4.90 Å². The number of nitrogens with zero attached hydrogens (tertiary/aromatic N) is 2. The third-order valence-electron chi connectivity index (χ3n) is 5.32. The van der Waals surface area contributed by atoms with E-state index in [1.54, 1.807) is 44.2 Å². The Morgan fingerprint density at radius 2 is 1.94 bits per heavy atom. The summed E-state index contributed by atoms with van der Waals surface area (Å²) in [5, 5.41) is 11.4. The SMILES string of the molecule is CCOC(=O)c1sc(N2C(=O)C(O)=C(C(=O)/C=C/c3ccccc3)C2c2cccc(Cl)c2)nc1C. The van der Waals surface area contributed by atoms with Crippen molar-refractivity contribution in [3.63, 3.8) is 0 Å². The van der Waals surface area contributed by atoms with E-state index in [1.807, 2.05) is 30.3 Å². The van der Waals surface area contributed by atoms with Crippen LogP contribution in [0.25, 0.3) is 6.08 Å². The van der Waals surface area contributed by atoms with Gasteiger partial charge in [0, 0.05) is 5.02 Å². The summed E-state index contributed by atoms with van der Waals surface area (Å²) >= 11 is 7.17. The second-order valence-corrected chi connectivity index (χ2v) is 9.05. The highest BCUT2D eigenvalue weighted by molar-refractivity contribution is 7.17. The minimum Gasteiger partial charge on any atom is -0.503 e. The number of thiazole rings is 1. The van der Waals surface area contributed by atoms with Gasteiger partial charge >= 0.3 is 5.97 Å². The predicted molar refractivity (Wildman–Crippen MR) is 135 cm³/mol. The Morgan fingerprint density at radius 3 is 2.63 bits per heavy atom. The zero-order valence-corrected chi connectivity index (χ0v) is 20.5. The Kier molecular flexibility index (Phi) is 7.14. The maximum atomic E-state index is 13.3. The molecule has 4 rings (SSSR count). The molecule has 0 saturated heterocycles. The first kappa shape index (κ1) is 24.4. The van der Waals surface area contributed by atoms with E-state index >= 15 is 0 Å². The summed E-state index contributed by atoms with van der Waals surface area (Å²) in [4.78, 5) is 44.7. The first-order valence-corrected chi connectivity index (χ1v) is 12.0. The van der Waals surface area contributed by atoms with Gasteiger partial charge in [-0.1, -0.05) is 71.5 Å². The van der Waals surface area contributed by atoms with Crippen molar-refractivity contribution in [2.75, 3.05) is 11.5 Å². The maximum absolute atomic E-state index is 13.3. The fourth-order valence-electron chi connectivity index (χ4n) is 3.74. The lowest BCUT2D eigenvalue weighted by molar-refractivity contribution is -0.117. The van der Waals surface area contributed by atoms with Gasteiger partial charge in [0.05, 0.1) is 23.9 Å². The Labute approximate surface area is 210 Å². The molecule has 1 aliphatic rings. The molecule has 2 heterocycles. The molecule has 7 nitrogen and oxygen atoms in total. The molecule has 178 valence electrons. The molecule has 1 aliphatic heterocycles. The van der Waals surface area contributed by atoms with E-state index in [4.69, 9.17) is 16.3 Å². The third-order valence-corrected chi connectivity index (χ3v) is 6.69. The second-order valence-electron chi connectivity index (χ2n) is 7.63. The number of aromatic nitrogens is 1. The highest BCUT2D eigenvalue weighted by atomic mass is 35.5. The summed E-state index contributed by atoms with van der Waals surface area (Å²) in [6.07, 6.45) is 2.92. The highest BCUT2D eigenvalue weighted by Crippen LogP contribution is 2.43. The van der Waals surface area contributed by atoms with Crippen LogP contribution in [0.3, 0.4) is 0 Å². The highest BCUT2D eigenvalue weighted by Gasteiger charge is 2.45. The molecular weight excluding hydrogens is 488 g/mol. The van der Waals surface area contributed by atoms with Crippen LogP contribution in [0.1, 0.15) is 39.5 Å². The number of hydrogen-bond acceptors (Lipinski definition) is 7. The van der Waals surface area contributed by atoms with Crippen LogP contribution in [0.4, 0.5) is 5.13 Å². The lowest BCUT2D eigenvalue weighted by Gasteiger charge is -2.24. The summed E-state index contributed by atoms with van der Waals surface area (Å²) in [6, 6.07) is 14.9. The lowest BCUT2D eigenvalue weighted by Crippen LogP contribution is -2.30. The molecule has 0 radical (unpaired) electrons. The second kappa shape index (κ2) is 10.2. The van der Waals surface area contributed by atoms with Crippen molar-refractivity contribution in [1.82, 2.24) is 4.98 Å². The molecule has 0 bridgehead atoms. The van der Waals surface area contributed by atoms with Crippen molar-refractivity contribution < 1.29 is 24.2 Å². The molecule has 35 heavy (non-hydrogen) atoms. The largest absolute Gasteiger partial charge is 0.503 e. The van der Waals surface area contributed by atoms with Crippen molar-refractivity contribution in [1.29, 1.82) is 0 Å². The summed E-state index contributed by atoms with van der Waals surface area (Å²) in [5.74, 6) is -2.57. The first-order chi connectivity index (χ1) is 16.8. The van der Waals surface area contributed by atoms with Gasteiger partial charge in [-0.05, 0) is 43.2 Å². The number of halogens is 1. The van der Waals surface area contributed by atoms with Gasteiger partial charge in [-0.25, -0.2) is 9.78 Å². The fourth-order valence-corrected chi connectivity index (χ4v) is 4.93. The topological polar surface area (TPSA) is 96.8 Å². The lowest BCUT2D eigenvalue weighted by atomic mass is 9.96. The zero-order valence-electron chi connectivity index (χ0n) is 18.9. The molecule has 0 spiro atoms. The van der Waals surface area contributed by atoms with E-state index in [0.29, 0.717) is 16.3 Å². The van der Waals surface area contributed by atoms with Crippen molar-refractivity contribution in [2.45, 2.75) is 19.9 Å². The first-order valence-electron chi connectivity index (χ1n) is 10.8. The van der Waals surface area contributed by atoms with E-state index in [9.17, 15) is 19.5 Å². The molecule has 0 fully saturated rings. The van der Waals surface area contributed by atoms with Crippen LogP contribution in [0.5, 0.6) is 0 Å². The van der Waals surface area contributed by atoms with Crippen LogP contribution in [-0.4, -0.2) is 34.4 Å². The number of aliphatic hydroxyl groups excluding tert-OH is 1. The van der Waals surface area contributed by atoms with E-state index < -0.39 is 29.5 Å². The number of ketones is 1. The van der Waals surface area contributed by atoms with Crippen molar-refractivity contribution in [3.05, 3.63) is 98.7 Å². The van der Waals surface area contributed by atoms with Crippen molar-refractivity contribution in [2.24, 2.45) is 0 Å². The molecule has 2 aromatic carbocycles. The smallest absolute Gasteiger partial charge is 0.350 e. The van der Waals surface area contributed by atoms with Crippen LogP contribution in [0.2, 0.25) is 5.02 Å². The van der Waals surface area contributed by atoms with Crippen LogP contribution in [0.15, 0.2) is 72.0 Å².